The van der Waals surface area contributed by atoms with Crippen molar-refractivity contribution in [3.05, 3.63) is 36.0 Å². The molecule has 0 aromatic carbocycles. The van der Waals surface area contributed by atoms with Gasteiger partial charge in [-0.3, -0.25) is 0 Å². The largest absolute Gasteiger partial charge is 0.192 e. The van der Waals surface area contributed by atoms with E-state index in [2.05, 4.69) is 13.2 Å². The molecule has 1 heteroatoms. The van der Waals surface area contributed by atoms with Crippen LogP contribution in [0.5, 0.6) is 0 Å². The van der Waals surface area contributed by atoms with Crippen LogP contribution < -0.4 is 0 Å². The van der Waals surface area contributed by atoms with Gasteiger partial charge in [-0.2, -0.15) is 5.26 Å². The van der Waals surface area contributed by atoms with Crippen molar-refractivity contribution < 1.29 is 0 Å². The third kappa shape index (κ3) is 1.91. The first-order chi connectivity index (χ1) is 4.63. The van der Waals surface area contributed by atoms with Crippen molar-refractivity contribution in [2.75, 3.05) is 0 Å². The summed E-state index contributed by atoms with van der Waals surface area (Å²) < 4.78 is 0. The third-order valence-electron chi connectivity index (χ3n) is 1.49. The average molecular weight is 133 g/mol. The molecule has 0 atom stereocenters. The molecule has 0 rings (SSSR count). The van der Waals surface area contributed by atoms with Gasteiger partial charge in [0.25, 0.3) is 0 Å². The zero-order valence-corrected chi connectivity index (χ0v) is 6.44. The first kappa shape index (κ1) is 8.71. The summed E-state index contributed by atoms with van der Waals surface area (Å²) in [5.74, 6) is 0. The zero-order valence-electron chi connectivity index (χ0n) is 6.44. The second kappa shape index (κ2) is 3.68. The molecule has 0 unspecified atom stereocenters. The highest BCUT2D eigenvalue weighted by Crippen LogP contribution is 2.11. The van der Waals surface area contributed by atoms with Crippen LogP contribution in [0.25, 0.3) is 0 Å². The van der Waals surface area contributed by atoms with Crippen LogP contribution in [0.1, 0.15) is 13.8 Å². The van der Waals surface area contributed by atoms with E-state index >= 15 is 0 Å². The first-order valence-electron chi connectivity index (χ1n) is 3.02. The summed E-state index contributed by atoms with van der Waals surface area (Å²) in [7, 11) is 0. The lowest BCUT2D eigenvalue weighted by atomic mass is 10.1. The second-order valence-corrected chi connectivity index (χ2v) is 2.10. The summed E-state index contributed by atoms with van der Waals surface area (Å²) in [5.41, 5.74) is 2.43. The molecule has 0 heterocycles. The Kier molecular flexibility index (Phi) is 3.21. The highest BCUT2D eigenvalue weighted by atomic mass is 14.2. The first-order valence-corrected chi connectivity index (χ1v) is 3.02. The van der Waals surface area contributed by atoms with Gasteiger partial charge in [-0.05, 0) is 25.0 Å². The molecule has 0 aliphatic rings. The van der Waals surface area contributed by atoms with E-state index in [1.165, 1.54) is 0 Å². The summed E-state index contributed by atoms with van der Waals surface area (Å²) in [6.07, 6.45) is 1.72. The van der Waals surface area contributed by atoms with E-state index in [1.807, 2.05) is 19.9 Å². The number of hydrogen-bond donors (Lipinski definition) is 0. The van der Waals surface area contributed by atoms with Gasteiger partial charge in [0, 0.05) is 5.57 Å². The maximum Gasteiger partial charge on any atom is 0.0988 e. The summed E-state index contributed by atoms with van der Waals surface area (Å²) in [6, 6.07) is 1.98. The standard InChI is InChI=1S/C9H11N/c1-5-7(2)9(4)8(3)6-10/h5H,1,3H2,2,4H3. The Morgan fingerprint density at radius 2 is 2.00 bits per heavy atom. The molecule has 0 aliphatic carbocycles. The van der Waals surface area contributed by atoms with Crippen LogP contribution >= 0.6 is 0 Å². The van der Waals surface area contributed by atoms with Crippen molar-refractivity contribution in [1.29, 1.82) is 5.26 Å². The van der Waals surface area contributed by atoms with Crippen molar-refractivity contribution in [1.82, 2.24) is 0 Å². The topological polar surface area (TPSA) is 23.8 Å². The molecule has 0 aromatic rings. The molecular formula is C9H11N. The van der Waals surface area contributed by atoms with Crippen LogP contribution in [0.4, 0.5) is 0 Å². The molecule has 10 heavy (non-hydrogen) atoms. The fraction of sp³-hybridized carbons (Fsp3) is 0.222. The lowest BCUT2D eigenvalue weighted by molar-refractivity contribution is 1.33. The predicted molar refractivity (Wildman–Crippen MR) is 43.3 cm³/mol. The highest BCUT2D eigenvalue weighted by molar-refractivity contribution is 5.43. The van der Waals surface area contributed by atoms with Crippen LogP contribution in [0.2, 0.25) is 0 Å². The van der Waals surface area contributed by atoms with E-state index in [4.69, 9.17) is 5.26 Å². The number of rotatable bonds is 2. The third-order valence-corrected chi connectivity index (χ3v) is 1.49. The molecule has 0 aromatic heterocycles. The minimum Gasteiger partial charge on any atom is -0.192 e. The molecule has 0 amide bonds. The Hall–Kier alpha value is -1.29. The van der Waals surface area contributed by atoms with Crippen molar-refractivity contribution in [2.45, 2.75) is 13.8 Å². The van der Waals surface area contributed by atoms with Gasteiger partial charge in [0.15, 0.2) is 0 Å². The molecule has 0 saturated heterocycles. The number of nitrogens with zero attached hydrogens (tertiary/aromatic N) is 1. The van der Waals surface area contributed by atoms with Gasteiger partial charge in [-0.15, -0.1) is 0 Å². The zero-order chi connectivity index (χ0) is 8.15. The number of hydrogen-bond acceptors (Lipinski definition) is 1. The summed E-state index contributed by atoms with van der Waals surface area (Å²) in [4.78, 5) is 0. The molecule has 0 spiro atoms. The Morgan fingerprint density at radius 3 is 2.30 bits per heavy atom. The maximum absolute atomic E-state index is 8.43. The summed E-state index contributed by atoms with van der Waals surface area (Å²) >= 11 is 0. The fourth-order valence-corrected chi connectivity index (χ4v) is 0.475. The van der Waals surface area contributed by atoms with Gasteiger partial charge in [0.05, 0.1) is 6.07 Å². The molecule has 0 fully saturated rings. The summed E-state index contributed by atoms with van der Waals surface area (Å²) in [5, 5.41) is 8.43. The van der Waals surface area contributed by atoms with Gasteiger partial charge >= 0.3 is 0 Å². The second-order valence-electron chi connectivity index (χ2n) is 2.10. The molecule has 0 saturated carbocycles. The maximum atomic E-state index is 8.43. The van der Waals surface area contributed by atoms with Crippen molar-refractivity contribution in [3.63, 3.8) is 0 Å². The molecule has 1 nitrogen and oxygen atoms in total. The molecule has 0 bridgehead atoms. The average Bonchev–Trinajstić information content (AvgIpc) is 2.00. The van der Waals surface area contributed by atoms with E-state index in [-0.39, 0.29) is 0 Å². The van der Waals surface area contributed by atoms with Gasteiger partial charge in [-0.25, -0.2) is 0 Å². The van der Waals surface area contributed by atoms with E-state index in [1.54, 1.807) is 6.08 Å². The molecule has 52 valence electrons. The van der Waals surface area contributed by atoms with Crippen LogP contribution in [-0.4, -0.2) is 0 Å². The lowest BCUT2D eigenvalue weighted by Gasteiger charge is -1.98. The number of allylic oxidation sites excluding steroid dienone is 4. The minimum atomic E-state index is 0.511. The van der Waals surface area contributed by atoms with Crippen molar-refractivity contribution in [2.24, 2.45) is 0 Å². The number of nitriles is 1. The smallest absolute Gasteiger partial charge is 0.0988 e. The van der Waals surface area contributed by atoms with E-state index in [0.717, 1.165) is 11.1 Å². The Balaban J connectivity index is 4.67. The summed E-state index contributed by atoms with van der Waals surface area (Å²) in [6.45, 7) is 10.9. The van der Waals surface area contributed by atoms with Gasteiger partial charge in [-0.1, -0.05) is 19.2 Å². The Morgan fingerprint density at radius 1 is 1.50 bits per heavy atom. The Bertz CT molecular complexity index is 226. The van der Waals surface area contributed by atoms with Crippen LogP contribution in [0.3, 0.4) is 0 Å². The minimum absolute atomic E-state index is 0.511. The fourth-order valence-electron chi connectivity index (χ4n) is 0.475. The monoisotopic (exact) mass is 133 g/mol. The van der Waals surface area contributed by atoms with Crippen LogP contribution in [0.15, 0.2) is 36.0 Å². The van der Waals surface area contributed by atoms with Crippen LogP contribution in [0, 0.1) is 11.3 Å². The van der Waals surface area contributed by atoms with E-state index in [0.29, 0.717) is 5.57 Å². The molecular weight excluding hydrogens is 122 g/mol. The van der Waals surface area contributed by atoms with Crippen molar-refractivity contribution >= 4 is 0 Å². The van der Waals surface area contributed by atoms with Gasteiger partial charge in [0.1, 0.15) is 0 Å². The lowest BCUT2D eigenvalue weighted by Crippen LogP contribution is -1.82. The molecule has 0 radical (unpaired) electrons. The highest BCUT2D eigenvalue weighted by Gasteiger charge is 1.95. The normalized spacial score (nSPS) is 11.3. The van der Waals surface area contributed by atoms with Gasteiger partial charge in [0.2, 0.25) is 0 Å². The molecule has 0 aliphatic heterocycles. The van der Waals surface area contributed by atoms with E-state index < -0.39 is 0 Å². The van der Waals surface area contributed by atoms with Gasteiger partial charge < -0.3 is 0 Å². The Labute approximate surface area is 62.0 Å². The van der Waals surface area contributed by atoms with E-state index in [9.17, 15) is 0 Å². The molecule has 0 N–H and O–H groups in total. The predicted octanol–water partition coefficient (Wildman–Crippen LogP) is 2.59. The quantitative estimate of drug-likeness (QED) is 0.419. The van der Waals surface area contributed by atoms with Crippen LogP contribution in [-0.2, 0) is 0 Å². The van der Waals surface area contributed by atoms with Crippen molar-refractivity contribution in [3.8, 4) is 6.07 Å². The SMILES string of the molecule is C=CC(C)=C(C)C(=C)C#N.